The fourth-order valence-electron chi connectivity index (χ4n) is 1.37. The standard InChI is InChI=1S/C12H13Cl2NOS/c1-7(12(16)15-8-5-6-8)17-11-9(13)3-2-4-10(11)14/h2-4,7-8H,5-6H2,1H3,(H,15,16)/t7-/m0/s1. The Labute approximate surface area is 115 Å². The first-order valence-electron chi connectivity index (χ1n) is 5.49. The van der Waals surface area contributed by atoms with E-state index in [1.807, 2.05) is 6.92 Å². The second-order valence-electron chi connectivity index (χ2n) is 4.09. The number of benzene rings is 1. The Balaban J connectivity index is 2.01. The summed E-state index contributed by atoms with van der Waals surface area (Å²) < 4.78 is 0. The average Bonchev–Trinajstić information content (AvgIpc) is 3.07. The molecular weight excluding hydrogens is 277 g/mol. The molecule has 17 heavy (non-hydrogen) atoms. The molecule has 0 saturated heterocycles. The van der Waals surface area contributed by atoms with E-state index in [0.717, 1.165) is 17.7 Å². The highest BCUT2D eigenvalue weighted by Crippen LogP contribution is 2.36. The summed E-state index contributed by atoms with van der Waals surface area (Å²) in [7, 11) is 0. The molecule has 2 rings (SSSR count). The quantitative estimate of drug-likeness (QED) is 0.856. The van der Waals surface area contributed by atoms with Gasteiger partial charge in [0.2, 0.25) is 5.91 Å². The fraction of sp³-hybridized carbons (Fsp3) is 0.417. The first-order valence-corrected chi connectivity index (χ1v) is 7.12. The van der Waals surface area contributed by atoms with Crippen LogP contribution in [0.5, 0.6) is 0 Å². The number of thioether (sulfide) groups is 1. The lowest BCUT2D eigenvalue weighted by Crippen LogP contribution is -2.32. The van der Waals surface area contributed by atoms with Gasteiger partial charge in [-0.05, 0) is 31.9 Å². The third-order valence-electron chi connectivity index (χ3n) is 2.51. The van der Waals surface area contributed by atoms with Crippen LogP contribution in [-0.4, -0.2) is 17.2 Å². The van der Waals surface area contributed by atoms with Crippen molar-refractivity contribution >= 4 is 40.9 Å². The van der Waals surface area contributed by atoms with Gasteiger partial charge >= 0.3 is 0 Å². The van der Waals surface area contributed by atoms with Crippen LogP contribution in [0.25, 0.3) is 0 Å². The summed E-state index contributed by atoms with van der Waals surface area (Å²) in [6, 6.07) is 5.74. The minimum absolute atomic E-state index is 0.0495. The van der Waals surface area contributed by atoms with Crippen LogP contribution in [-0.2, 0) is 4.79 Å². The zero-order valence-electron chi connectivity index (χ0n) is 9.37. The minimum Gasteiger partial charge on any atom is -0.352 e. The van der Waals surface area contributed by atoms with Crippen molar-refractivity contribution in [1.29, 1.82) is 0 Å². The van der Waals surface area contributed by atoms with Gasteiger partial charge in [0, 0.05) is 10.9 Å². The SMILES string of the molecule is C[C@H](Sc1c(Cl)cccc1Cl)C(=O)NC1CC1. The molecule has 0 heterocycles. The van der Waals surface area contributed by atoms with E-state index < -0.39 is 0 Å². The van der Waals surface area contributed by atoms with E-state index in [0.29, 0.717) is 16.1 Å². The molecule has 1 aliphatic carbocycles. The molecule has 1 aromatic rings. The van der Waals surface area contributed by atoms with Crippen molar-refractivity contribution in [2.75, 3.05) is 0 Å². The third kappa shape index (κ3) is 3.54. The Hall–Kier alpha value is -0.380. The average molecular weight is 290 g/mol. The van der Waals surface area contributed by atoms with E-state index in [1.165, 1.54) is 11.8 Å². The number of hydrogen-bond donors (Lipinski definition) is 1. The highest BCUT2D eigenvalue weighted by Gasteiger charge is 2.26. The number of nitrogens with one attached hydrogen (secondary N) is 1. The first kappa shape index (κ1) is 13.1. The van der Waals surface area contributed by atoms with Gasteiger partial charge < -0.3 is 5.32 Å². The van der Waals surface area contributed by atoms with Crippen LogP contribution in [0.4, 0.5) is 0 Å². The zero-order chi connectivity index (χ0) is 12.4. The molecule has 2 nitrogen and oxygen atoms in total. The Morgan fingerprint density at radius 2 is 2.00 bits per heavy atom. The summed E-state index contributed by atoms with van der Waals surface area (Å²) in [6.45, 7) is 1.86. The number of rotatable bonds is 4. The number of amides is 1. The predicted molar refractivity (Wildman–Crippen MR) is 72.9 cm³/mol. The molecule has 0 bridgehead atoms. The molecule has 0 unspecified atom stereocenters. The maximum absolute atomic E-state index is 11.8. The summed E-state index contributed by atoms with van der Waals surface area (Å²) in [5.74, 6) is 0.0495. The van der Waals surface area contributed by atoms with Gasteiger partial charge in [-0.3, -0.25) is 4.79 Å². The van der Waals surface area contributed by atoms with E-state index in [4.69, 9.17) is 23.2 Å². The maximum atomic E-state index is 11.8. The summed E-state index contributed by atoms with van der Waals surface area (Å²) in [5.41, 5.74) is 0. The van der Waals surface area contributed by atoms with Gasteiger partial charge in [0.05, 0.1) is 15.3 Å². The lowest BCUT2D eigenvalue weighted by atomic mass is 10.4. The van der Waals surface area contributed by atoms with Crippen molar-refractivity contribution in [1.82, 2.24) is 5.32 Å². The van der Waals surface area contributed by atoms with Crippen molar-refractivity contribution in [2.45, 2.75) is 36.0 Å². The van der Waals surface area contributed by atoms with E-state index in [9.17, 15) is 4.79 Å². The Bertz CT molecular complexity index is 414. The van der Waals surface area contributed by atoms with Crippen LogP contribution in [0.1, 0.15) is 19.8 Å². The van der Waals surface area contributed by atoms with Crippen molar-refractivity contribution in [2.24, 2.45) is 0 Å². The smallest absolute Gasteiger partial charge is 0.233 e. The van der Waals surface area contributed by atoms with Gasteiger partial charge in [-0.25, -0.2) is 0 Å². The van der Waals surface area contributed by atoms with E-state index in [1.54, 1.807) is 18.2 Å². The van der Waals surface area contributed by atoms with E-state index >= 15 is 0 Å². The topological polar surface area (TPSA) is 29.1 Å². The molecule has 1 aromatic carbocycles. The monoisotopic (exact) mass is 289 g/mol. The van der Waals surface area contributed by atoms with Crippen LogP contribution in [0, 0.1) is 0 Å². The molecule has 5 heteroatoms. The lowest BCUT2D eigenvalue weighted by molar-refractivity contribution is -0.120. The minimum atomic E-state index is -0.187. The summed E-state index contributed by atoms with van der Waals surface area (Å²) >= 11 is 13.5. The molecular formula is C12H13Cl2NOS. The van der Waals surface area contributed by atoms with Gasteiger partial charge in [0.15, 0.2) is 0 Å². The van der Waals surface area contributed by atoms with Crippen LogP contribution in [0.2, 0.25) is 10.0 Å². The van der Waals surface area contributed by atoms with Gasteiger partial charge in [0.1, 0.15) is 0 Å². The largest absolute Gasteiger partial charge is 0.352 e. The summed E-state index contributed by atoms with van der Waals surface area (Å²) in [6.07, 6.45) is 2.19. The maximum Gasteiger partial charge on any atom is 0.233 e. The highest BCUT2D eigenvalue weighted by atomic mass is 35.5. The van der Waals surface area contributed by atoms with Gasteiger partial charge in [-0.1, -0.05) is 29.3 Å². The zero-order valence-corrected chi connectivity index (χ0v) is 11.7. The molecule has 1 atom stereocenters. The second kappa shape index (κ2) is 5.51. The Kier molecular flexibility index (Phi) is 4.23. The molecule has 0 radical (unpaired) electrons. The predicted octanol–water partition coefficient (Wildman–Crippen LogP) is 3.75. The number of halogens is 2. The molecule has 92 valence electrons. The molecule has 0 aromatic heterocycles. The number of hydrogen-bond acceptors (Lipinski definition) is 2. The van der Waals surface area contributed by atoms with Gasteiger partial charge in [-0.2, -0.15) is 0 Å². The van der Waals surface area contributed by atoms with Crippen LogP contribution < -0.4 is 5.32 Å². The van der Waals surface area contributed by atoms with Crippen molar-refractivity contribution in [3.8, 4) is 0 Å². The van der Waals surface area contributed by atoms with E-state index in [2.05, 4.69) is 5.32 Å². The van der Waals surface area contributed by atoms with Crippen molar-refractivity contribution in [3.05, 3.63) is 28.2 Å². The summed E-state index contributed by atoms with van der Waals surface area (Å²) in [4.78, 5) is 12.6. The van der Waals surface area contributed by atoms with Crippen LogP contribution in [0.15, 0.2) is 23.1 Å². The molecule has 1 saturated carbocycles. The molecule has 1 amide bonds. The van der Waals surface area contributed by atoms with E-state index in [-0.39, 0.29) is 11.2 Å². The third-order valence-corrected chi connectivity index (χ3v) is 4.60. The van der Waals surface area contributed by atoms with Crippen molar-refractivity contribution in [3.63, 3.8) is 0 Å². The van der Waals surface area contributed by atoms with Crippen LogP contribution >= 0.6 is 35.0 Å². The fourth-order valence-corrected chi connectivity index (χ4v) is 2.93. The normalized spacial score (nSPS) is 16.6. The lowest BCUT2D eigenvalue weighted by Gasteiger charge is -2.13. The van der Waals surface area contributed by atoms with Crippen molar-refractivity contribution < 1.29 is 4.79 Å². The molecule has 1 aliphatic rings. The second-order valence-corrected chi connectivity index (χ2v) is 6.26. The molecule has 1 N–H and O–H groups in total. The first-order chi connectivity index (χ1) is 8.08. The van der Waals surface area contributed by atoms with Gasteiger partial charge in [-0.15, -0.1) is 11.8 Å². The molecule has 1 fully saturated rings. The molecule has 0 aliphatic heterocycles. The highest BCUT2D eigenvalue weighted by molar-refractivity contribution is 8.00. The van der Waals surface area contributed by atoms with Crippen LogP contribution in [0.3, 0.4) is 0 Å². The Morgan fingerprint density at radius 1 is 1.41 bits per heavy atom. The summed E-state index contributed by atoms with van der Waals surface area (Å²) in [5, 5.41) is 3.96. The Morgan fingerprint density at radius 3 is 2.53 bits per heavy atom. The van der Waals surface area contributed by atoms with Gasteiger partial charge in [0.25, 0.3) is 0 Å². The molecule has 0 spiro atoms. The number of carbonyl (C=O) groups excluding carboxylic acids is 1. The number of carbonyl (C=O) groups is 1.